The van der Waals surface area contributed by atoms with Crippen molar-refractivity contribution in [3.63, 3.8) is 0 Å². The van der Waals surface area contributed by atoms with Gasteiger partial charge in [-0.2, -0.15) is 0 Å². The molecule has 0 atom stereocenters. The molecule has 3 aromatic carbocycles. The van der Waals surface area contributed by atoms with Crippen LogP contribution >= 0.6 is 23.8 Å². The van der Waals surface area contributed by atoms with E-state index in [1.165, 1.54) is 6.07 Å². The van der Waals surface area contributed by atoms with Gasteiger partial charge in [-0.1, -0.05) is 11.6 Å². The van der Waals surface area contributed by atoms with E-state index in [4.69, 9.17) is 37.7 Å². The maximum absolute atomic E-state index is 12.5. The van der Waals surface area contributed by atoms with Crippen LogP contribution < -0.4 is 20.1 Å². The first-order valence-electron chi connectivity index (χ1n) is 9.88. The third kappa shape index (κ3) is 4.41. The lowest BCUT2D eigenvalue weighted by Crippen LogP contribution is -2.34. The minimum Gasteiger partial charge on any atom is -0.507 e. The van der Waals surface area contributed by atoms with E-state index < -0.39 is 5.91 Å². The van der Waals surface area contributed by atoms with Crippen LogP contribution in [0.15, 0.2) is 59.0 Å². The third-order valence-electron chi connectivity index (χ3n) is 4.87. The second kappa shape index (κ2) is 8.61. The molecule has 0 saturated carbocycles. The van der Waals surface area contributed by atoms with Crippen LogP contribution in [0.4, 0.5) is 5.69 Å². The van der Waals surface area contributed by atoms with Crippen molar-refractivity contribution in [1.29, 1.82) is 0 Å². The fourth-order valence-corrected chi connectivity index (χ4v) is 3.71. The number of aromatic hydroxyl groups is 1. The molecule has 0 bridgehead atoms. The number of ether oxygens (including phenoxy) is 2. The van der Waals surface area contributed by atoms with Crippen molar-refractivity contribution in [2.24, 2.45) is 0 Å². The molecule has 166 valence electrons. The topological polar surface area (TPSA) is 106 Å². The third-order valence-corrected chi connectivity index (χ3v) is 5.31. The summed E-state index contributed by atoms with van der Waals surface area (Å²) in [7, 11) is 0. The molecular weight excluding hydrogens is 466 g/mol. The summed E-state index contributed by atoms with van der Waals surface area (Å²) < 4.78 is 16.7. The fraction of sp³-hybridized carbons (Fsp3) is 0.0870. The molecule has 2 heterocycles. The summed E-state index contributed by atoms with van der Waals surface area (Å²) in [5, 5.41) is 16.6. The molecule has 0 saturated heterocycles. The molecule has 1 aromatic heterocycles. The molecule has 1 aliphatic heterocycles. The zero-order valence-electron chi connectivity index (χ0n) is 16.9. The van der Waals surface area contributed by atoms with Crippen LogP contribution in [0.3, 0.4) is 0 Å². The molecule has 4 aromatic rings. The molecule has 0 aliphatic carbocycles. The van der Waals surface area contributed by atoms with Crippen molar-refractivity contribution in [3.8, 4) is 28.7 Å². The summed E-state index contributed by atoms with van der Waals surface area (Å²) in [4.78, 5) is 16.9. The number of nitrogens with zero attached hydrogens (tertiary/aromatic N) is 1. The molecule has 1 amide bonds. The van der Waals surface area contributed by atoms with Crippen molar-refractivity contribution in [3.05, 3.63) is 65.2 Å². The monoisotopic (exact) mass is 481 g/mol. The number of aromatic nitrogens is 1. The predicted molar refractivity (Wildman–Crippen MR) is 127 cm³/mol. The van der Waals surface area contributed by atoms with E-state index in [2.05, 4.69) is 15.6 Å². The van der Waals surface area contributed by atoms with Gasteiger partial charge in [0, 0.05) is 22.3 Å². The first-order chi connectivity index (χ1) is 16.0. The average molecular weight is 482 g/mol. The molecular formula is C23H16ClN3O5S. The van der Waals surface area contributed by atoms with E-state index >= 15 is 0 Å². The molecule has 33 heavy (non-hydrogen) atoms. The minimum atomic E-state index is -0.407. The van der Waals surface area contributed by atoms with Crippen molar-refractivity contribution in [2.75, 3.05) is 18.5 Å². The number of hydrogen-bond acceptors (Lipinski definition) is 7. The van der Waals surface area contributed by atoms with Gasteiger partial charge in [0.25, 0.3) is 5.91 Å². The maximum Gasteiger partial charge on any atom is 0.257 e. The number of benzene rings is 3. The fourth-order valence-electron chi connectivity index (χ4n) is 3.33. The number of carbonyl (C=O) groups is 1. The zero-order chi connectivity index (χ0) is 22.9. The standard InChI is InChI=1S/C23H16ClN3O5S/c24-13-2-6-18-16(10-13)26-22(32-18)15-4-3-14(11-17(15)28)25-23(33)27-21(29)12-1-5-19-20(9-12)31-8-7-30-19/h1-6,9-11,28H,7-8H2,(H2,25,27,29,33). The molecule has 10 heteroatoms. The number of fused-ring (bicyclic) bond motifs is 2. The molecule has 0 fully saturated rings. The Bertz CT molecular complexity index is 1400. The summed E-state index contributed by atoms with van der Waals surface area (Å²) in [6.45, 7) is 0.897. The smallest absolute Gasteiger partial charge is 0.257 e. The number of amides is 1. The van der Waals surface area contributed by atoms with Crippen molar-refractivity contribution in [1.82, 2.24) is 10.3 Å². The van der Waals surface area contributed by atoms with E-state index in [1.54, 1.807) is 48.5 Å². The predicted octanol–water partition coefficient (Wildman–Crippen LogP) is 4.75. The van der Waals surface area contributed by atoms with Gasteiger partial charge in [0.05, 0.1) is 5.56 Å². The van der Waals surface area contributed by atoms with Gasteiger partial charge in [-0.05, 0) is 60.7 Å². The summed E-state index contributed by atoms with van der Waals surface area (Å²) in [6, 6.07) is 14.8. The zero-order valence-corrected chi connectivity index (χ0v) is 18.5. The molecule has 1 aliphatic rings. The van der Waals surface area contributed by atoms with E-state index in [1.807, 2.05) is 0 Å². The highest BCUT2D eigenvalue weighted by atomic mass is 35.5. The highest BCUT2D eigenvalue weighted by Gasteiger charge is 2.17. The quantitative estimate of drug-likeness (QED) is 0.360. The number of rotatable bonds is 3. The first kappa shape index (κ1) is 21.0. The lowest BCUT2D eigenvalue weighted by Gasteiger charge is -2.18. The average Bonchev–Trinajstić information content (AvgIpc) is 3.21. The Morgan fingerprint density at radius 2 is 1.85 bits per heavy atom. The Hall–Kier alpha value is -3.82. The van der Waals surface area contributed by atoms with Gasteiger partial charge in [0.2, 0.25) is 5.89 Å². The number of hydrogen-bond donors (Lipinski definition) is 3. The van der Waals surface area contributed by atoms with Crippen LogP contribution in [0.2, 0.25) is 5.02 Å². The number of phenolic OH excluding ortho intramolecular Hbond substituents is 1. The van der Waals surface area contributed by atoms with E-state index in [9.17, 15) is 9.90 Å². The number of anilines is 1. The van der Waals surface area contributed by atoms with E-state index in [0.717, 1.165) is 0 Å². The molecule has 8 nitrogen and oxygen atoms in total. The van der Waals surface area contributed by atoms with Crippen LogP contribution in [-0.2, 0) is 0 Å². The Morgan fingerprint density at radius 1 is 1.03 bits per heavy atom. The highest BCUT2D eigenvalue weighted by Crippen LogP contribution is 2.34. The second-order valence-corrected chi connectivity index (χ2v) is 7.97. The molecule has 0 unspecified atom stereocenters. The summed E-state index contributed by atoms with van der Waals surface area (Å²) in [5.74, 6) is 0.880. The van der Waals surface area contributed by atoms with Crippen LogP contribution in [0.1, 0.15) is 10.4 Å². The Balaban J connectivity index is 1.27. The van der Waals surface area contributed by atoms with Gasteiger partial charge in [0.15, 0.2) is 22.2 Å². The lowest BCUT2D eigenvalue weighted by atomic mass is 10.1. The minimum absolute atomic E-state index is 0.0681. The molecule has 5 rings (SSSR count). The summed E-state index contributed by atoms with van der Waals surface area (Å²) in [6.07, 6.45) is 0. The van der Waals surface area contributed by atoms with Gasteiger partial charge in [-0.3, -0.25) is 10.1 Å². The number of thiocarbonyl (C=S) groups is 1. The SMILES string of the molecule is O=C(NC(=S)Nc1ccc(-c2nc3cc(Cl)ccc3o2)c(O)c1)c1ccc2c(c1)OCCO2. The van der Waals surface area contributed by atoms with E-state index in [-0.39, 0.29) is 16.8 Å². The van der Waals surface area contributed by atoms with Crippen LogP contribution in [0.25, 0.3) is 22.6 Å². The van der Waals surface area contributed by atoms with Gasteiger partial charge in [0.1, 0.15) is 24.5 Å². The second-order valence-electron chi connectivity index (χ2n) is 7.13. The van der Waals surface area contributed by atoms with Gasteiger partial charge in [-0.15, -0.1) is 0 Å². The number of halogens is 1. The van der Waals surface area contributed by atoms with Crippen molar-refractivity contribution < 1.29 is 23.8 Å². The normalized spacial score (nSPS) is 12.4. The number of carbonyl (C=O) groups excluding carboxylic acids is 1. The molecule has 3 N–H and O–H groups in total. The van der Waals surface area contributed by atoms with E-state index in [0.29, 0.717) is 57.6 Å². The Labute approximate surface area is 198 Å². The van der Waals surface area contributed by atoms with Gasteiger partial charge < -0.3 is 24.3 Å². The summed E-state index contributed by atoms with van der Waals surface area (Å²) in [5.41, 5.74) is 2.39. The van der Waals surface area contributed by atoms with Crippen LogP contribution in [0, 0.1) is 0 Å². The van der Waals surface area contributed by atoms with Gasteiger partial charge >= 0.3 is 0 Å². The van der Waals surface area contributed by atoms with Crippen LogP contribution in [0.5, 0.6) is 17.2 Å². The highest BCUT2D eigenvalue weighted by molar-refractivity contribution is 7.80. The molecule has 0 radical (unpaired) electrons. The molecule has 0 spiro atoms. The van der Waals surface area contributed by atoms with Gasteiger partial charge in [-0.25, -0.2) is 4.98 Å². The Kier molecular flexibility index (Phi) is 5.49. The number of phenols is 1. The summed E-state index contributed by atoms with van der Waals surface area (Å²) >= 11 is 11.2. The van der Waals surface area contributed by atoms with Crippen LogP contribution in [-0.4, -0.2) is 34.3 Å². The number of oxazole rings is 1. The van der Waals surface area contributed by atoms with Crippen molar-refractivity contribution >= 4 is 51.6 Å². The Morgan fingerprint density at radius 3 is 2.67 bits per heavy atom. The maximum atomic E-state index is 12.5. The first-order valence-corrected chi connectivity index (χ1v) is 10.7. The number of nitrogens with one attached hydrogen (secondary N) is 2. The largest absolute Gasteiger partial charge is 0.507 e. The lowest BCUT2D eigenvalue weighted by molar-refractivity contribution is 0.0976. The van der Waals surface area contributed by atoms with Crippen molar-refractivity contribution in [2.45, 2.75) is 0 Å².